The minimum absolute atomic E-state index is 0.00259. The van der Waals surface area contributed by atoms with Crippen molar-refractivity contribution in [1.82, 2.24) is 5.32 Å². The summed E-state index contributed by atoms with van der Waals surface area (Å²) in [7, 11) is -3.82. The molecule has 0 radical (unpaired) electrons. The van der Waals surface area contributed by atoms with Crippen LogP contribution in [-0.4, -0.2) is 39.0 Å². The van der Waals surface area contributed by atoms with Gasteiger partial charge in [0, 0.05) is 12.1 Å². The highest BCUT2D eigenvalue weighted by atomic mass is 32.2. The van der Waals surface area contributed by atoms with E-state index in [1.807, 2.05) is 32.9 Å². The molecule has 2 aromatic rings. The number of para-hydroxylation sites is 1. The molecular weight excluding hydrogens is 392 g/mol. The van der Waals surface area contributed by atoms with Crippen LogP contribution in [-0.2, 0) is 26.0 Å². The fourth-order valence-corrected chi connectivity index (χ4v) is 4.69. The highest BCUT2D eigenvalue weighted by Gasteiger charge is 2.31. The van der Waals surface area contributed by atoms with Gasteiger partial charge in [-0.3, -0.25) is 9.10 Å². The number of hydrogen-bond acceptors (Lipinski definition) is 5. The number of rotatable bonds is 5. The third-order valence-electron chi connectivity index (χ3n) is 4.35. The van der Waals surface area contributed by atoms with Crippen LogP contribution in [0.2, 0.25) is 0 Å². The zero-order valence-corrected chi connectivity index (χ0v) is 17.5. The standard InChI is InChI=1S/C21H24N2O5S/c1-21(2,3)22-19(24)14-28-20(25)16-8-6-9-17(13-16)29(26,27)23-12-11-15-7-4-5-10-18(15)23/h4-10,13H,11-12,14H2,1-3H3,(H,22,24). The fourth-order valence-electron chi connectivity index (χ4n) is 3.14. The van der Waals surface area contributed by atoms with E-state index < -0.39 is 34.0 Å². The Balaban J connectivity index is 1.76. The van der Waals surface area contributed by atoms with Gasteiger partial charge in [-0.25, -0.2) is 13.2 Å². The van der Waals surface area contributed by atoms with Crippen LogP contribution in [0.1, 0.15) is 36.7 Å². The lowest BCUT2D eigenvalue weighted by Crippen LogP contribution is -2.42. The van der Waals surface area contributed by atoms with Gasteiger partial charge in [-0.15, -0.1) is 0 Å². The third kappa shape index (κ3) is 4.76. The SMILES string of the molecule is CC(C)(C)NC(=O)COC(=O)c1cccc(S(=O)(=O)N2CCc3ccccc32)c1. The number of carbonyl (C=O) groups is 2. The summed E-state index contributed by atoms with van der Waals surface area (Å²) in [5.41, 5.74) is 1.25. The summed E-state index contributed by atoms with van der Waals surface area (Å²) in [5.74, 6) is -1.18. The van der Waals surface area contributed by atoms with Gasteiger partial charge in [0.1, 0.15) is 0 Å². The molecule has 0 fully saturated rings. The first-order valence-electron chi connectivity index (χ1n) is 9.27. The molecule has 0 saturated heterocycles. The van der Waals surface area contributed by atoms with Gasteiger partial charge in [0.2, 0.25) is 0 Å². The summed E-state index contributed by atoms with van der Waals surface area (Å²) in [6, 6.07) is 13.0. The van der Waals surface area contributed by atoms with Gasteiger partial charge in [-0.05, 0) is 57.0 Å². The van der Waals surface area contributed by atoms with Crippen molar-refractivity contribution in [3.8, 4) is 0 Å². The topological polar surface area (TPSA) is 92.8 Å². The Morgan fingerprint density at radius 2 is 1.83 bits per heavy atom. The van der Waals surface area contributed by atoms with Gasteiger partial charge >= 0.3 is 5.97 Å². The number of nitrogens with zero attached hydrogens (tertiary/aromatic N) is 1. The maximum atomic E-state index is 13.1. The van der Waals surface area contributed by atoms with E-state index in [4.69, 9.17) is 4.74 Å². The lowest BCUT2D eigenvalue weighted by molar-refractivity contribution is -0.125. The number of nitrogens with one attached hydrogen (secondary N) is 1. The number of ether oxygens (including phenoxy) is 1. The lowest BCUT2D eigenvalue weighted by atomic mass is 10.1. The van der Waals surface area contributed by atoms with Crippen LogP contribution < -0.4 is 9.62 Å². The monoisotopic (exact) mass is 416 g/mol. The summed E-state index contributed by atoms with van der Waals surface area (Å²) in [6.45, 7) is 5.36. The number of anilines is 1. The number of sulfonamides is 1. The second-order valence-electron chi connectivity index (χ2n) is 7.86. The van der Waals surface area contributed by atoms with Crippen LogP contribution in [0.4, 0.5) is 5.69 Å². The predicted octanol–water partition coefficient (Wildman–Crippen LogP) is 2.51. The second-order valence-corrected chi connectivity index (χ2v) is 9.72. The van der Waals surface area contributed by atoms with Crippen LogP contribution in [0.15, 0.2) is 53.4 Å². The van der Waals surface area contributed by atoms with Crippen LogP contribution in [0.25, 0.3) is 0 Å². The Morgan fingerprint density at radius 1 is 1.10 bits per heavy atom. The molecule has 1 aliphatic rings. The molecule has 0 atom stereocenters. The van der Waals surface area contributed by atoms with E-state index in [1.54, 1.807) is 12.1 Å². The minimum Gasteiger partial charge on any atom is -0.452 e. The number of amides is 1. The Bertz CT molecular complexity index is 1040. The highest BCUT2D eigenvalue weighted by Crippen LogP contribution is 2.32. The average Bonchev–Trinajstić information content (AvgIpc) is 3.10. The van der Waals surface area contributed by atoms with Gasteiger partial charge in [0.25, 0.3) is 15.9 Å². The Morgan fingerprint density at radius 3 is 2.55 bits per heavy atom. The van der Waals surface area contributed by atoms with Crippen LogP contribution in [0.5, 0.6) is 0 Å². The Hall–Kier alpha value is -2.87. The first kappa shape index (κ1) is 20.9. The largest absolute Gasteiger partial charge is 0.452 e. The van der Waals surface area contributed by atoms with E-state index in [2.05, 4.69) is 5.32 Å². The zero-order valence-electron chi connectivity index (χ0n) is 16.6. The van der Waals surface area contributed by atoms with Gasteiger partial charge in [-0.1, -0.05) is 24.3 Å². The number of hydrogen-bond donors (Lipinski definition) is 1. The number of esters is 1. The first-order valence-corrected chi connectivity index (χ1v) is 10.7. The molecule has 0 spiro atoms. The molecule has 2 aromatic carbocycles. The molecule has 29 heavy (non-hydrogen) atoms. The van der Waals surface area contributed by atoms with Gasteiger partial charge in [0.05, 0.1) is 16.1 Å². The van der Waals surface area contributed by atoms with Gasteiger partial charge in [-0.2, -0.15) is 0 Å². The van der Waals surface area contributed by atoms with E-state index in [1.165, 1.54) is 28.6 Å². The van der Waals surface area contributed by atoms with E-state index in [-0.39, 0.29) is 10.5 Å². The second kappa shape index (κ2) is 7.87. The van der Waals surface area contributed by atoms with Crippen molar-refractivity contribution in [2.45, 2.75) is 37.6 Å². The molecule has 0 unspecified atom stereocenters. The molecule has 1 N–H and O–H groups in total. The molecule has 7 nitrogen and oxygen atoms in total. The molecule has 1 aliphatic heterocycles. The van der Waals surface area contributed by atoms with E-state index in [0.717, 1.165) is 5.56 Å². The zero-order chi connectivity index (χ0) is 21.2. The number of benzene rings is 2. The molecule has 0 saturated carbocycles. The summed E-state index contributed by atoms with van der Waals surface area (Å²) in [6.07, 6.45) is 0.639. The fraction of sp³-hybridized carbons (Fsp3) is 0.333. The highest BCUT2D eigenvalue weighted by molar-refractivity contribution is 7.92. The number of fused-ring (bicyclic) bond motifs is 1. The van der Waals surface area contributed by atoms with Crippen LogP contribution in [0, 0.1) is 0 Å². The molecule has 1 heterocycles. The Kier molecular flexibility index (Phi) is 5.66. The third-order valence-corrected chi connectivity index (χ3v) is 6.16. The molecule has 154 valence electrons. The maximum absolute atomic E-state index is 13.1. The summed E-state index contributed by atoms with van der Waals surface area (Å²) >= 11 is 0. The minimum atomic E-state index is -3.82. The van der Waals surface area contributed by atoms with E-state index in [9.17, 15) is 18.0 Å². The predicted molar refractivity (Wildman–Crippen MR) is 109 cm³/mol. The number of carbonyl (C=O) groups excluding carboxylic acids is 2. The van der Waals surface area contributed by atoms with Crippen molar-refractivity contribution in [3.05, 3.63) is 59.7 Å². The Labute approximate surface area is 170 Å². The van der Waals surface area contributed by atoms with E-state index >= 15 is 0 Å². The first-order chi connectivity index (χ1) is 13.6. The van der Waals surface area contributed by atoms with Gasteiger partial charge < -0.3 is 10.1 Å². The van der Waals surface area contributed by atoms with E-state index in [0.29, 0.717) is 18.7 Å². The molecule has 1 amide bonds. The molecule has 0 bridgehead atoms. The van der Waals surface area contributed by atoms with Crippen molar-refractivity contribution >= 4 is 27.6 Å². The molecular formula is C21H24N2O5S. The van der Waals surface area contributed by atoms with Crippen molar-refractivity contribution in [3.63, 3.8) is 0 Å². The molecule has 8 heteroatoms. The van der Waals surface area contributed by atoms with Crippen molar-refractivity contribution in [1.29, 1.82) is 0 Å². The summed E-state index contributed by atoms with van der Waals surface area (Å²) in [5, 5.41) is 2.69. The normalized spacial score (nSPS) is 13.7. The molecule has 3 rings (SSSR count). The maximum Gasteiger partial charge on any atom is 0.338 e. The van der Waals surface area contributed by atoms with Gasteiger partial charge in [0.15, 0.2) is 6.61 Å². The molecule has 0 aliphatic carbocycles. The summed E-state index contributed by atoms with van der Waals surface area (Å²) < 4.78 is 32.6. The van der Waals surface area contributed by atoms with Crippen LogP contribution >= 0.6 is 0 Å². The summed E-state index contributed by atoms with van der Waals surface area (Å²) in [4.78, 5) is 24.1. The smallest absolute Gasteiger partial charge is 0.338 e. The lowest BCUT2D eigenvalue weighted by Gasteiger charge is -2.20. The van der Waals surface area contributed by atoms with Crippen molar-refractivity contribution < 1.29 is 22.7 Å². The van der Waals surface area contributed by atoms with Crippen molar-refractivity contribution in [2.75, 3.05) is 17.5 Å². The average molecular weight is 416 g/mol. The quantitative estimate of drug-likeness (QED) is 0.756. The molecule has 0 aromatic heterocycles. The van der Waals surface area contributed by atoms with Crippen LogP contribution in [0.3, 0.4) is 0 Å². The van der Waals surface area contributed by atoms with Crippen molar-refractivity contribution in [2.24, 2.45) is 0 Å².